The van der Waals surface area contributed by atoms with Crippen molar-refractivity contribution in [1.29, 1.82) is 0 Å². The predicted molar refractivity (Wildman–Crippen MR) is 137 cm³/mol. The van der Waals surface area contributed by atoms with E-state index in [4.69, 9.17) is 4.74 Å². The number of amides is 1. The summed E-state index contributed by atoms with van der Waals surface area (Å²) in [6.45, 7) is 6.02. The van der Waals surface area contributed by atoms with Crippen molar-refractivity contribution in [2.24, 2.45) is 17.8 Å². The van der Waals surface area contributed by atoms with Crippen LogP contribution in [0.1, 0.15) is 49.1 Å². The molecular weight excluding hydrogens is 461 g/mol. The molecule has 3 aliphatic heterocycles. The van der Waals surface area contributed by atoms with Crippen molar-refractivity contribution in [1.82, 2.24) is 15.1 Å². The molecular formula is C28H44FN3O4. The Balaban J connectivity index is 1.78. The van der Waals surface area contributed by atoms with E-state index >= 15 is 0 Å². The molecule has 0 spiro atoms. The van der Waals surface area contributed by atoms with E-state index in [0.717, 1.165) is 57.3 Å². The Labute approximate surface area is 215 Å². The van der Waals surface area contributed by atoms with Crippen LogP contribution in [0.3, 0.4) is 0 Å². The lowest BCUT2D eigenvalue weighted by atomic mass is 9.64. The van der Waals surface area contributed by atoms with Gasteiger partial charge in [-0.2, -0.15) is 0 Å². The fourth-order valence-corrected chi connectivity index (χ4v) is 7.03. The number of carbonyl (C=O) groups is 1. The number of piperidine rings is 3. The van der Waals surface area contributed by atoms with E-state index < -0.39 is 0 Å². The third-order valence-electron chi connectivity index (χ3n) is 8.92. The lowest BCUT2D eigenvalue weighted by molar-refractivity contribution is -0.145. The predicted octanol–water partition coefficient (Wildman–Crippen LogP) is 2.15. The summed E-state index contributed by atoms with van der Waals surface area (Å²) in [6, 6.07) is 5.04. The second kappa shape index (κ2) is 12.8. The number of hydrogen-bond acceptors (Lipinski definition) is 6. The molecule has 202 valence electrons. The molecule has 0 bridgehead atoms. The Morgan fingerprint density at radius 3 is 2.72 bits per heavy atom. The molecule has 7 nitrogen and oxygen atoms in total. The lowest BCUT2D eigenvalue weighted by Crippen LogP contribution is -2.59. The Morgan fingerprint density at radius 1 is 1.14 bits per heavy atom. The van der Waals surface area contributed by atoms with Gasteiger partial charge in [0.2, 0.25) is 5.91 Å². The fourth-order valence-electron chi connectivity index (χ4n) is 7.03. The van der Waals surface area contributed by atoms with Crippen LogP contribution in [-0.2, 0) is 9.53 Å². The largest absolute Gasteiger partial charge is 0.395 e. The third kappa shape index (κ3) is 5.78. The van der Waals surface area contributed by atoms with E-state index in [9.17, 15) is 19.4 Å². The lowest BCUT2D eigenvalue weighted by Gasteiger charge is -2.51. The fraction of sp³-hybridized carbons (Fsp3) is 0.750. The van der Waals surface area contributed by atoms with Gasteiger partial charge in [0.1, 0.15) is 5.82 Å². The second-order valence-electron chi connectivity index (χ2n) is 10.9. The molecule has 6 atom stereocenters. The van der Waals surface area contributed by atoms with Crippen molar-refractivity contribution in [2.75, 3.05) is 59.7 Å². The quantitative estimate of drug-likeness (QED) is 0.502. The summed E-state index contributed by atoms with van der Waals surface area (Å²) in [5, 5.41) is 23.8. The molecule has 0 aliphatic carbocycles. The van der Waals surface area contributed by atoms with Crippen molar-refractivity contribution in [3.8, 4) is 0 Å². The van der Waals surface area contributed by atoms with E-state index in [1.54, 1.807) is 13.2 Å². The Morgan fingerprint density at radius 2 is 1.97 bits per heavy atom. The third-order valence-corrected chi connectivity index (χ3v) is 8.92. The maximum atomic E-state index is 14.9. The van der Waals surface area contributed by atoms with Crippen LogP contribution in [0.5, 0.6) is 0 Å². The number of aliphatic hydroxyl groups is 2. The zero-order chi connectivity index (χ0) is 25.7. The number of nitrogens with one attached hydrogen (secondary N) is 1. The van der Waals surface area contributed by atoms with Gasteiger partial charge in [-0.25, -0.2) is 4.39 Å². The van der Waals surface area contributed by atoms with Gasteiger partial charge in [-0.15, -0.1) is 0 Å². The minimum absolute atomic E-state index is 0.0297. The zero-order valence-electron chi connectivity index (χ0n) is 21.9. The molecule has 3 N–H and O–H groups in total. The SMILES string of the molecule is COCCN1CC([C@@H]2CCCN[C@@H]2CO)C(c2cccc(F)c2C)[C@@H](C(=O)N2CCCC[C@@H]2CO)C1. The van der Waals surface area contributed by atoms with Gasteiger partial charge in [0.05, 0.1) is 31.8 Å². The first-order valence-electron chi connectivity index (χ1n) is 13.7. The smallest absolute Gasteiger partial charge is 0.227 e. The maximum Gasteiger partial charge on any atom is 0.227 e. The van der Waals surface area contributed by atoms with Crippen molar-refractivity contribution >= 4 is 5.91 Å². The van der Waals surface area contributed by atoms with Gasteiger partial charge in [0.15, 0.2) is 0 Å². The van der Waals surface area contributed by atoms with E-state index in [1.165, 1.54) is 6.07 Å². The van der Waals surface area contributed by atoms with Crippen LogP contribution in [0.25, 0.3) is 0 Å². The zero-order valence-corrected chi connectivity index (χ0v) is 21.9. The average Bonchev–Trinajstić information content (AvgIpc) is 2.92. The number of methoxy groups -OCH3 is 1. The van der Waals surface area contributed by atoms with Gasteiger partial charge in [0.25, 0.3) is 0 Å². The molecule has 1 amide bonds. The molecule has 2 unspecified atom stereocenters. The number of hydrogen-bond donors (Lipinski definition) is 3. The molecule has 1 aromatic rings. The summed E-state index contributed by atoms with van der Waals surface area (Å²) in [4.78, 5) is 18.5. The highest BCUT2D eigenvalue weighted by molar-refractivity contribution is 5.81. The molecule has 0 saturated carbocycles. The Kier molecular flexibility index (Phi) is 9.75. The topological polar surface area (TPSA) is 85.3 Å². The number of ether oxygens (including phenoxy) is 1. The summed E-state index contributed by atoms with van der Waals surface area (Å²) in [5.41, 5.74) is 1.52. The number of nitrogens with zero attached hydrogens (tertiary/aromatic N) is 2. The molecule has 8 heteroatoms. The summed E-state index contributed by atoms with van der Waals surface area (Å²) in [5.74, 6) is -0.439. The monoisotopic (exact) mass is 505 g/mol. The molecule has 1 aromatic carbocycles. The highest BCUT2D eigenvalue weighted by Gasteiger charge is 2.48. The van der Waals surface area contributed by atoms with Crippen LogP contribution >= 0.6 is 0 Å². The highest BCUT2D eigenvalue weighted by atomic mass is 19.1. The van der Waals surface area contributed by atoms with Crippen molar-refractivity contribution < 1.29 is 24.1 Å². The van der Waals surface area contributed by atoms with Crippen LogP contribution in [0.4, 0.5) is 4.39 Å². The van der Waals surface area contributed by atoms with Gasteiger partial charge in [-0.05, 0) is 74.6 Å². The van der Waals surface area contributed by atoms with Gasteiger partial charge in [-0.3, -0.25) is 9.69 Å². The summed E-state index contributed by atoms with van der Waals surface area (Å²) in [6.07, 6.45) is 4.75. The maximum absolute atomic E-state index is 14.9. The van der Waals surface area contributed by atoms with E-state index in [2.05, 4.69) is 10.2 Å². The van der Waals surface area contributed by atoms with Crippen LogP contribution in [0.2, 0.25) is 0 Å². The van der Waals surface area contributed by atoms with E-state index in [-0.39, 0.29) is 60.7 Å². The van der Waals surface area contributed by atoms with E-state index in [0.29, 0.717) is 25.3 Å². The van der Waals surface area contributed by atoms with E-state index in [1.807, 2.05) is 17.9 Å². The number of likely N-dealkylation sites (tertiary alicyclic amines) is 2. The van der Waals surface area contributed by atoms with Crippen molar-refractivity contribution in [3.63, 3.8) is 0 Å². The number of halogens is 1. The molecule has 36 heavy (non-hydrogen) atoms. The van der Waals surface area contributed by atoms with Gasteiger partial charge >= 0.3 is 0 Å². The molecule has 4 rings (SSSR count). The first kappa shape index (κ1) is 27.5. The normalized spacial score (nSPS) is 32.0. The van der Waals surface area contributed by atoms with Gasteiger partial charge < -0.3 is 25.2 Å². The average molecular weight is 506 g/mol. The van der Waals surface area contributed by atoms with Gasteiger partial charge in [-0.1, -0.05) is 12.1 Å². The molecule has 3 fully saturated rings. The Hall–Kier alpha value is -1.58. The van der Waals surface area contributed by atoms with Crippen molar-refractivity contribution in [2.45, 2.75) is 57.0 Å². The van der Waals surface area contributed by atoms with Crippen LogP contribution in [0.15, 0.2) is 18.2 Å². The highest BCUT2D eigenvalue weighted by Crippen LogP contribution is 2.46. The number of aliphatic hydroxyl groups excluding tert-OH is 2. The minimum Gasteiger partial charge on any atom is -0.395 e. The molecule has 3 saturated heterocycles. The minimum atomic E-state index is -0.352. The molecule has 0 radical (unpaired) electrons. The summed E-state index contributed by atoms with van der Waals surface area (Å²) in [7, 11) is 1.69. The van der Waals surface area contributed by atoms with Crippen LogP contribution in [-0.4, -0.2) is 97.7 Å². The first-order chi connectivity index (χ1) is 17.5. The molecule has 0 aromatic heterocycles. The van der Waals surface area contributed by atoms with Gasteiger partial charge in [0, 0.05) is 45.2 Å². The number of carbonyl (C=O) groups excluding carboxylic acids is 1. The summed E-state index contributed by atoms with van der Waals surface area (Å²) < 4.78 is 20.3. The Bertz CT molecular complexity index is 871. The van der Waals surface area contributed by atoms with Crippen LogP contribution in [0, 0.1) is 30.5 Å². The summed E-state index contributed by atoms with van der Waals surface area (Å²) >= 11 is 0. The van der Waals surface area contributed by atoms with Crippen molar-refractivity contribution in [3.05, 3.63) is 35.1 Å². The first-order valence-corrected chi connectivity index (χ1v) is 13.7. The number of rotatable bonds is 8. The molecule has 3 aliphatic rings. The molecule has 3 heterocycles. The second-order valence-corrected chi connectivity index (χ2v) is 10.9. The van der Waals surface area contributed by atoms with Crippen LogP contribution < -0.4 is 5.32 Å². The number of benzene rings is 1. The standard InChI is InChI=1S/C28H44FN3O4/c1-19-21(8-5-10-25(19)29)27-23(22-9-6-11-30-26(22)18-34)15-31(13-14-36-2)16-24(27)28(35)32-12-4-3-7-20(32)17-33/h5,8,10,20,22-24,26-27,30,33-34H,3-4,6-7,9,11-18H2,1-2H3/t20-,22+,23?,24+,26-,27?/m1/s1.